The number of aromatic nitrogens is 1. The van der Waals surface area contributed by atoms with Crippen molar-refractivity contribution in [2.24, 2.45) is 5.92 Å². The van der Waals surface area contributed by atoms with Crippen molar-refractivity contribution < 1.29 is 28.0 Å². The molecule has 1 aliphatic rings. The van der Waals surface area contributed by atoms with E-state index in [0.717, 1.165) is 6.07 Å². The molecule has 0 aliphatic carbocycles. The third-order valence-electron chi connectivity index (χ3n) is 5.11. The molecule has 2 heterocycles. The van der Waals surface area contributed by atoms with Crippen LogP contribution in [0.3, 0.4) is 0 Å². The lowest BCUT2D eigenvalue weighted by molar-refractivity contribution is -0.385. The number of piperidine rings is 1. The number of amides is 1. The molecule has 1 aromatic carbocycles. The summed E-state index contributed by atoms with van der Waals surface area (Å²) in [5, 5.41) is 14.7. The quantitative estimate of drug-likeness (QED) is 0.457. The number of nitrogens with one attached hydrogen (secondary N) is 1. The number of rotatable bonds is 8. The molecule has 9 nitrogen and oxygen atoms in total. The molecule has 1 amide bonds. The second kappa shape index (κ2) is 10.5. The molecule has 12 heteroatoms. The number of halogens is 3. The number of pyridine rings is 1. The van der Waals surface area contributed by atoms with Gasteiger partial charge in [-0.25, -0.2) is 4.98 Å². The van der Waals surface area contributed by atoms with Crippen molar-refractivity contribution in [2.75, 3.05) is 25.5 Å². The Labute approximate surface area is 187 Å². The van der Waals surface area contributed by atoms with Gasteiger partial charge in [-0.2, -0.15) is 8.78 Å². The summed E-state index contributed by atoms with van der Waals surface area (Å²) in [6.07, 6.45) is 2.55. The highest BCUT2D eigenvalue weighted by atomic mass is 35.5. The zero-order valence-electron chi connectivity index (χ0n) is 17.1. The molecule has 0 atom stereocenters. The first-order valence-corrected chi connectivity index (χ1v) is 10.1. The highest BCUT2D eigenvalue weighted by Gasteiger charge is 2.28. The number of alkyl halides is 2. The Balaban J connectivity index is 1.64. The van der Waals surface area contributed by atoms with E-state index >= 15 is 0 Å². The zero-order chi connectivity index (χ0) is 23.3. The van der Waals surface area contributed by atoms with Crippen LogP contribution in [0.2, 0.25) is 5.02 Å². The van der Waals surface area contributed by atoms with Crippen molar-refractivity contribution in [1.82, 2.24) is 9.88 Å². The van der Waals surface area contributed by atoms with Crippen molar-refractivity contribution in [3.8, 4) is 11.5 Å². The first-order chi connectivity index (χ1) is 15.3. The van der Waals surface area contributed by atoms with Crippen LogP contribution in [0.1, 0.15) is 18.4 Å². The van der Waals surface area contributed by atoms with E-state index in [4.69, 9.17) is 16.3 Å². The highest BCUT2D eigenvalue weighted by molar-refractivity contribution is 6.30. The van der Waals surface area contributed by atoms with Gasteiger partial charge in [-0.15, -0.1) is 0 Å². The van der Waals surface area contributed by atoms with E-state index < -0.39 is 17.3 Å². The van der Waals surface area contributed by atoms with Crippen LogP contribution in [-0.4, -0.2) is 47.5 Å². The number of anilines is 1. The predicted octanol–water partition coefficient (Wildman–Crippen LogP) is 4.10. The smallest absolute Gasteiger partial charge is 0.387 e. The summed E-state index contributed by atoms with van der Waals surface area (Å²) >= 11 is 5.79. The minimum absolute atomic E-state index is 0.0179. The molecular formula is C20H21ClF2N4O5. The molecule has 2 aromatic rings. The van der Waals surface area contributed by atoms with E-state index in [-0.39, 0.29) is 29.8 Å². The Morgan fingerprint density at radius 3 is 2.62 bits per heavy atom. The second-order valence-electron chi connectivity index (χ2n) is 7.17. The SMILES string of the molecule is COc1cc(CN2CCC(C(=O)Nc3ccc(Cl)cn3)CC2)c([N+](=O)[O-])cc1OC(F)F. The fourth-order valence-electron chi connectivity index (χ4n) is 3.51. The summed E-state index contributed by atoms with van der Waals surface area (Å²) in [4.78, 5) is 29.3. The van der Waals surface area contributed by atoms with Gasteiger partial charge in [0.2, 0.25) is 5.91 Å². The molecule has 0 spiro atoms. The Kier molecular flexibility index (Phi) is 7.75. The fraction of sp³-hybridized carbons (Fsp3) is 0.400. The number of likely N-dealkylation sites (tertiary alicyclic amines) is 1. The van der Waals surface area contributed by atoms with Crippen molar-refractivity contribution in [3.05, 3.63) is 51.2 Å². The normalized spacial score (nSPS) is 14.9. The number of hydrogen-bond acceptors (Lipinski definition) is 7. The Bertz CT molecular complexity index is 969. The van der Waals surface area contributed by atoms with Crippen molar-refractivity contribution in [1.29, 1.82) is 0 Å². The van der Waals surface area contributed by atoms with Crippen LogP contribution >= 0.6 is 11.6 Å². The van der Waals surface area contributed by atoms with Gasteiger partial charge in [0.05, 0.1) is 23.1 Å². The number of nitrogens with zero attached hydrogens (tertiary/aromatic N) is 3. The van der Waals surface area contributed by atoms with Gasteiger partial charge in [0.1, 0.15) is 5.82 Å². The first-order valence-electron chi connectivity index (χ1n) is 9.71. The zero-order valence-corrected chi connectivity index (χ0v) is 17.8. The summed E-state index contributed by atoms with van der Waals surface area (Å²) in [5.74, 6) is -0.383. The van der Waals surface area contributed by atoms with Crippen LogP contribution in [0.5, 0.6) is 11.5 Å². The monoisotopic (exact) mass is 470 g/mol. The number of carbonyl (C=O) groups excluding carboxylic acids is 1. The van der Waals surface area contributed by atoms with E-state index in [1.807, 2.05) is 4.90 Å². The molecule has 3 rings (SSSR count). The van der Waals surface area contributed by atoms with Crippen LogP contribution in [0.15, 0.2) is 30.5 Å². The average molecular weight is 471 g/mol. The third kappa shape index (κ3) is 6.01. The summed E-state index contributed by atoms with van der Waals surface area (Å²) in [5.41, 5.74) is -0.0307. The Hall–Kier alpha value is -3.05. The van der Waals surface area contributed by atoms with Crippen LogP contribution < -0.4 is 14.8 Å². The number of hydrogen-bond donors (Lipinski definition) is 1. The lowest BCUT2D eigenvalue weighted by Crippen LogP contribution is -2.38. The molecule has 0 radical (unpaired) electrons. The molecule has 0 unspecified atom stereocenters. The topological polar surface area (TPSA) is 107 Å². The van der Waals surface area contributed by atoms with Crippen LogP contribution in [0, 0.1) is 16.0 Å². The van der Waals surface area contributed by atoms with Crippen molar-refractivity contribution in [2.45, 2.75) is 26.0 Å². The van der Waals surface area contributed by atoms with Crippen molar-refractivity contribution >= 4 is 29.0 Å². The van der Waals surface area contributed by atoms with Crippen LogP contribution in [0.4, 0.5) is 20.3 Å². The van der Waals surface area contributed by atoms with Gasteiger partial charge in [0.15, 0.2) is 11.5 Å². The maximum Gasteiger partial charge on any atom is 0.387 e. The second-order valence-corrected chi connectivity index (χ2v) is 7.61. The molecule has 32 heavy (non-hydrogen) atoms. The molecule has 1 saturated heterocycles. The van der Waals surface area contributed by atoms with E-state index in [1.54, 1.807) is 12.1 Å². The molecule has 1 fully saturated rings. The Morgan fingerprint density at radius 1 is 1.34 bits per heavy atom. The van der Waals surface area contributed by atoms with Gasteiger partial charge in [-0.3, -0.25) is 19.8 Å². The summed E-state index contributed by atoms with van der Waals surface area (Å²) in [6, 6.07) is 5.52. The van der Waals surface area contributed by atoms with Gasteiger partial charge >= 0.3 is 6.61 Å². The molecule has 1 aliphatic heterocycles. The molecule has 172 valence electrons. The largest absolute Gasteiger partial charge is 0.493 e. The number of carbonyl (C=O) groups is 1. The van der Waals surface area contributed by atoms with Crippen LogP contribution in [-0.2, 0) is 11.3 Å². The number of benzene rings is 1. The molecule has 1 N–H and O–H groups in total. The minimum atomic E-state index is -3.14. The Morgan fingerprint density at radius 2 is 2.06 bits per heavy atom. The average Bonchev–Trinajstić information content (AvgIpc) is 2.76. The number of methoxy groups -OCH3 is 1. The number of ether oxygens (including phenoxy) is 2. The van der Waals surface area contributed by atoms with Gasteiger partial charge in [-0.05, 0) is 44.1 Å². The molecule has 0 bridgehead atoms. The molecule has 0 saturated carbocycles. The third-order valence-corrected chi connectivity index (χ3v) is 5.33. The molecule has 1 aromatic heterocycles. The minimum Gasteiger partial charge on any atom is -0.493 e. The van der Waals surface area contributed by atoms with Gasteiger partial charge in [0.25, 0.3) is 5.69 Å². The van der Waals surface area contributed by atoms with E-state index in [2.05, 4.69) is 15.0 Å². The van der Waals surface area contributed by atoms with Gasteiger partial charge in [0, 0.05) is 24.2 Å². The summed E-state index contributed by atoms with van der Waals surface area (Å²) in [6.45, 7) is -1.88. The lowest BCUT2D eigenvalue weighted by Gasteiger charge is -2.31. The maximum atomic E-state index is 12.6. The van der Waals surface area contributed by atoms with Gasteiger partial charge in [-0.1, -0.05) is 11.6 Å². The van der Waals surface area contributed by atoms with E-state index in [0.29, 0.717) is 42.3 Å². The first kappa shape index (κ1) is 23.6. The standard InChI is InChI=1S/C20H21ClF2N4O5/c1-31-16-8-13(15(27(29)30)9-17(16)32-20(22)23)11-26-6-4-12(5-7-26)19(28)25-18-3-2-14(21)10-24-18/h2-3,8-10,12,20H,4-7,11H2,1H3,(H,24,25,28). The van der Waals surface area contributed by atoms with E-state index in [9.17, 15) is 23.7 Å². The molecular weight excluding hydrogens is 450 g/mol. The predicted molar refractivity (Wildman–Crippen MR) is 112 cm³/mol. The van der Waals surface area contributed by atoms with Gasteiger partial charge < -0.3 is 14.8 Å². The number of nitro benzene ring substituents is 1. The fourth-order valence-corrected chi connectivity index (χ4v) is 3.62. The van der Waals surface area contributed by atoms with E-state index in [1.165, 1.54) is 19.4 Å². The number of nitro groups is 1. The summed E-state index contributed by atoms with van der Waals surface area (Å²) in [7, 11) is 1.27. The maximum absolute atomic E-state index is 12.6. The lowest BCUT2D eigenvalue weighted by atomic mass is 9.95. The van der Waals surface area contributed by atoms with Crippen molar-refractivity contribution in [3.63, 3.8) is 0 Å². The summed E-state index contributed by atoms with van der Waals surface area (Å²) < 4.78 is 34.6. The highest BCUT2D eigenvalue weighted by Crippen LogP contribution is 2.36. The van der Waals surface area contributed by atoms with Crippen LogP contribution in [0.25, 0.3) is 0 Å².